The van der Waals surface area contributed by atoms with Crippen LogP contribution in [0.25, 0.3) is 5.52 Å². The average molecular weight is 269 g/mol. The second kappa shape index (κ2) is 4.65. The van der Waals surface area contributed by atoms with Crippen LogP contribution in [0.1, 0.15) is 15.9 Å². The predicted octanol–water partition coefficient (Wildman–Crippen LogP) is 2.53. The van der Waals surface area contributed by atoms with E-state index in [1.165, 1.54) is 12.1 Å². The van der Waals surface area contributed by atoms with Crippen molar-refractivity contribution in [1.29, 1.82) is 0 Å². The number of nitrogens with zero attached hydrogens (tertiary/aromatic N) is 3. The van der Waals surface area contributed by atoms with Gasteiger partial charge in [0, 0.05) is 12.4 Å². The largest absolute Gasteiger partial charge is 0.478 e. The van der Waals surface area contributed by atoms with E-state index in [4.69, 9.17) is 9.84 Å². The number of carbonyl (C=O) groups is 1. The molecule has 2 aromatic heterocycles. The second-order valence-electron chi connectivity index (χ2n) is 4.28. The highest BCUT2D eigenvalue weighted by atomic mass is 16.5. The Hall–Kier alpha value is -2.89. The van der Waals surface area contributed by atoms with Gasteiger partial charge in [-0.05, 0) is 30.7 Å². The van der Waals surface area contributed by atoms with Crippen LogP contribution in [0.15, 0.2) is 42.9 Å². The summed E-state index contributed by atoms with van der Waals surface area (Å²) in [6.07, 6.45) is 4.93. The number of hydrogen-bond acceptors (Lipinski definition) is 4. The average Bonchev–Trinajstić information content (AvgIpc) is 2.90. The van der Waals surface area contributed by atoms with Gasteiger partial charge in [-0.1, -0.05) is 6.07 Å². The number of ether oxygens (including phenoxy) is 1. The molecule has 0 amide bonds. The third-order valence-corrected chi connectivity index (χ3v) is 2.93. The molecular weight excluding hydrogens is 258 g/mol. The summed E-state index contributed by atoms with van der Waals surface area (Å²) in [7, 11) is 0. The molecule has 0 aliphatic heterocycles. The molecule has 0 saturated heterocycles. The van der Waals surface area contributed by atoms with Crippen LogP contribution in [-0.2, 0) is 0 Å². The summed E-state index contributed by atoms with van der Waals surface area (Å²) < 4.78 is 7.37. The Morgan fingerprint density at radius 3 is 2.95 bits per heavy atom. The molecule has 0 radical (unpaired) electrons. The van der Waals surface area contributed by atoms with E-state index >= 15 is 0 Å². The molecule has 2 heterocycles. The van der Waals surface area contributed by atoms with Crippen LogP contribution in [0.5, 0.6) is 11.6 Å². The first-order chi connectivity index (χ1) is 9.65. The Morgan fingerprint density at radius 1 is 1.30 bits per heavy atom. The molecular formula is C14H11N3O3. The molecule has 20 heavy (non-hydrogen) atoms. The molecule has 0 saturated carbocycles. The number of rotatable bonds is 3. The number of aryl methyl sites for hydroxylation is 1. The fourth-order valence-electron chi connectivity index (χ4n) is 1.86. The van der Waals surface area contributed by atoms with Gasteiger partial charge in [0.15, 0.2) is 0 Å². The van der Waals surface area contributed by atoms with Crippen LogP contribution >= 0.6 is 0 Å². The number of aromatic carboxylic acids is 1. The van der Waals surface area contributed by atoms with E-state index in [0.717, 1.165) is 5.56 Å². The topological polar surface area (TPSA) is 76.7 Å². The van der Waals surface area contributed by atoms with Crippen molar-refractivity contribution in [3.05, 3.63) is 54.0 Å². The lowest BCUT2D eigenvalue weighted by molar-refractivity contribution is 0.0696. The van der Waals surface area contributed by atoms with Gasteiger partial charge in [0.05, 0.1) is 11.8 Å². The summed E-state index contributed by atoms with van der Waals surface area (Å²) in [4.78, 5) is 15.2. The Bertz CT molecular complexity index is 795. The predicted molar refractivity (Wildman–Crippen MR) is 71.2 cm³/mol. The molecule has 3 aromatic rings. The maximum atomic E-state index is 11.0. The molecule has 0 aliphatic rings. The zero-order valence-corrected chi connectivity index (χ0v) is 10.6. The normalized spacial score (nSPS) is 10.7. The molecule has 6 nitrogen and oxygen atoms in total. The molecule has 0 unspecified atom stereocenters. The molecule has 100 valence electrons. The van der Waals surface area contributed by atoms with E-state index in [9.17, 15) is 4.79 Å². The van der Waals surface area contributed by atoms with Crippen LogP contribution in [0.4, 0.5) is 0 Å². The lowest BCUT2D eigenvalue weighted by Gasteiger charge is -2.09. The molecule has 0 atom stereocenters. The maximum Gasteiger partial charge on any atom is 0.335 e. The number of carboxylic acids is 1. The van der Waals surface area contributed by atoms with Crippen molar-refractivity contribution in [2.45, 2.75) is 6.92 Å². The number of hydrogen-bond donors (Lipinski definition) is 1. The highest BCUT2D eigenvalue weighted by molar-refractivity contribution is 5.88. The van der Waals surface area contributed by atoms with Crippen LogP contribution in [0.2, 0.25) is 0 Å². The first-order valence-electron chi connectivity index (χ1n) is 5.95. The second-order valence-corrected chi connectivity index (χ2v) is 4.28. The monoisotopic (exact) mass is 269 g/mol. The quantitative estimate of drug-likeness (QED) is 0.790. The molecule has 6 heteroatoms. The Kier molecular flexibility index (Phi) is 2.83. The van der Waals surface area contributed by atoms with Gasteiger partial charge in [-0.2, -0.15) is 5.10 Å². The van der Waals surface area contributed by atoms with Crippen molar-refractivity contribution >= 4 is 11.5 Å². The lowest BCUT2D eigenvalue weighted by Crippen LogP contribution is -1.99. The van der Waals surface area contributed by atoms with E-state index in [1.54, 1.807) is 35.2 Å². The standard InChI is InChI=1S/C14H11N3O3/c1-9-2-3-10(14(18)19)8-12(9)20-13-11-4-5-16-17(11)7-6-15-13/h2-8H,1H3,(H,18,19). The molecule has 1 N–H and O–H groups in total. The van der Waals surface area contributed by atoms with Gasteiger partial charge in [0.2, 0.25) is 5.88 Å². The van der Waals surface area contributed by atoms with Crippen molar-refractivity contribution in [1.82, 2.24) is 14.6 Å². The number of benzene rings is 1. The Morgan fingerprint density at radius 2 is 2.15 bits per heavy atom. The molecule has 0 aliphatic carbocycles. The van der Waals surface area contributed by atoms with E-state index < -0.39 is 5.97 Å². The lowest BCUT2D eigenvalue weighted by atomic mass is 10.1. The molecule has 0 bridgehead atoms. The van der Waals surface area contributed by atoms with Gasteiger partial charge >= 0.3 is 5.97 Å². The minimum Gasteiger partial charge on any atom is -0.478 e. The van der Waals surface area contributed by atoms with Crippen molar-refractivity contribution in [2.24, 2.45) is 0 Å². The zero-order valence-electron chi connectivity index (χ0n) is 10.6. The van der Waals surface area contributed by atoms with E-state index in [-0.39, 0.29) is 5.56 Å². The number of fused-ring (bicyclic) bond motifs is 1. The van der Waals surface area contributed by atoms with Crippen molar-refractivity contribution in [2.75, 3.05) is 0 Å². The van der Waals surface area contributed by atoms with Gasteiger partial charge in [0.1, 0.15) is 11.3 Å². The van der Waals surface area contributed by atoms with Crippen LogP contribution in [-0.4, -0.2) is 25.7 Å². The van der Waals surface area contributed by atoms with Crippen LogP contribution in [0.3, 0.4) is 0 Å². The summed E-state index contributed by atoms with van der Waals surface area (Å²) in [6.45, 7) is 1.84. The summed E-state index contributed by atoms with van der Waals surface area (Å²) in [6, 6.07) is 6.50. The Balaban J connectivity index is 2.04. The van der Waals surface area contributed by atoms with E-state index in [1.807, 2.05) is 6.92 Å². The summed E-state index contributed by atoms with van der Waals surface area (Å²) in [5.41, 5.74) is 1.72. The highest BCUT2D eigenvalue weighted by Crippen LogP contribution is 2.27. The van der Waals surface area contributed by atoms with Crippen molar-refractivity contribution in [3.8, 4) is 11.6 Å². The van der Waals surface area contributed by atoms with Gasteiger partial charge in [0.25, 0.3) is 0 Å². The van der Waals surface area contributed by atoms with Crippen molar-refractivity contribution < 1.29 is 14.6 Å². The summed E-state index contributed by atoms with van der Waals surface area (Å²) >= 11 is 0. The van der Waals surface area contributed by atoms with Gasteiger partial charge in [-0.15, -0.1) is 0 Å². The fourth-order valence-corrected chi connectivity index (χ4v) is 1.86. The molecule has 3 rings (SSSR count). The van der Waals surface area contributed by atoms with Gasteiger partial charge < -0.3 is 9.84 Å². The van der Waals surface area contributed by atoms with E-state index in [2.05, 4.69) is 10.1 Å². The number of carboxylic acid groups (broad SMARTS) is 1. The minimum atomic E-state index is -0.995. The van der Waals surface area contributed by atoms with E-state index in [0.29, 0.717) is 17.1 Å². The molecule has 0 spiro atoms. The first-order valence-corrected chi connectivity index (χ1v) is 5.95. The highest BCUT2D eigenvalue weighted by Gasteiger charge is 2.11. The van der Waals surface area contributed by atoms with Crippen LogP contribution in [0, 0.1) is 6.92 Å². The maximum absolute atomic E-state index is 11.0. The SMILES string of the molecule is Cc1ccc(C(=O)O)cc1Oc1nccn2nccc12. The molecule has 0 fully saturated rings. The Labute approximate surface area is 114 Å². The zero-order chi connectivity index (χ0) is 14.1. The van der Waals surface area contributed by atoms with Crippen LogP contribution < -0.4 is 4.74 Å². The minimum absolute atomic E-state index is 0.172. The van der Waals surface area contributed by atoms with Gasteiger partial charge in [-0.3, -0.25) is 0 Å². The molecule has 1 aromatic carbocycles. The summed E-state index contributed by atoms with van der Waals surface area (Å²) in [5.74, 6) is -0.146. The summed E-state index contributed by atoms with van der Waals surface area (Å²) in [5, 5.41) is 13.1. The fraction of sp³-hybridized carbons (Fsp3) is 0.0714. The number of aromatic nitrogens is 3. The van der Waals surface area contributed by atoms with Gasteiger partial charge in [-0.25, -0.2) is 14.3 Å². The smallest absolute Gasteiger partial charge is 0.335 e. The van der Waals surface area contributed by atoms with Crippen molar-refractivity contribution in [3.63, 3.8) is 0 Å². The third kappa shape index (κ3) is 2.07. The third-order valence-electron chi connectivity index (χ3n) is 2.93. The first kappa shape index (κ1) is 12.2.